The van der Waals surface area contributed by atoms with E-state index in [0.717, 1.165) is 17.1 Å². The van der Waals surface area contributed by atoms with Gasteiger partial charge < -0.3 is 4.90 Å². The Kier molecular flexibility index (Phi) is 9.81. The van der Waals surface area contributed by atoms with Crippen molar-refractivity contribution in [1.29, 1.82) is 0 Å². The van der Waals surface area contributed by atoms with Crippen LogP contribution in [0.5, 0.6) is 0 Å². The van der Waals surface area contributed by atoms with Crippen LogP contribution in [0.15, 0.2) is 273 Å². The first kappa shape index (κ1) is 39.1. The summed E-state index contributed by atoms with van der Waals surface area (Å²) in [7, 11) is 0. The number of hydrogen-bond donors (Lipinski definition) is 0. The molecule has 0 heterocycles. The van der Waals surface area contributed by atoms with E-state index in [0.29, 0.717) is 0 Å². The fourth-order valence-corrected chi connectivity index (χ4v) is 10.6. The molecule has 0 spiro atoms. The molecule has 1 aliphatic rings. The van der Waals surface area contributed by atoms with Crippen molar-refractivity contribution in [3.05, 3.63) is 295 Å². The first-order valence-electron chi connectivity index (χ1n) is 22.8. The Hall–Kier alpha value is -8.52. The topological polar surface area (TPSA) is 3.24 Å². The van der Waals surface area contributed by atoms with Gasteiger partial charge in [0.1, 0.15) is 0 Å². The molecular formula is C65H45N. The third-order valence-corrected chi connectivity index (χ3v) is 13.6. The van der Waals surface area contributed by atoms with Gasteiger partial charge in [0.05, 0.1) is 11.1 Å². The number of hydrogen-bond acceptors (Lipinski definition) is 1. The monoisotopic (exact) mass is 839 g/mol. The summed E-state index contributed by atoms with van der Waals surface area (Å²) in [5, 5.41) is 2.42. The molecule has 0 saturated carbocycles. The van der Waals surface area contributed by atoms with Crippen LogP contribution in [0, 0.1) is 0 Å². The highest BCUT2D eigenvalue weighted by atomic mass is 15.1. The highest BCUT2D eigenvalue weighted by Gasteiger charge is 2.48. The van der Waals surface area contributed by atoms with E-state index >= 15 is 0 Å². The van der Waals surface area contributed by atoms with Crippen molar-refractivity contribution in [2.45, 2.75) is 5.41 Å². The number of fused-ring (bicyclic) bond motifs is 5. The molecule has 0 aliphatic heterocycles. The van der Waals surface area contributed by atoms with Gasteiger partial charge >= 0.3 is 0 Å². The van der Waals surface area contributed by atoms with Crippen molar-refractivity contribution in [3.63, 3.8) is 0 Å². The van der Waals surface area contributed by atoms with Crippen LogP contribution in [0.2, 0.25) is 0 Å². The molecule has 1 nitrogen and oxygen atoms in total. The molecule has 0 bridgehead atoms. The maximum atomic E-state index is 2.50. The Labute approximate surface area is 387 Å². The molecule has 310 valence electrons. The lowest BCUT2D eigenvalue weighted by molar-refractivity contribution is 0.775. The maximum absolute atomic E-state index is 2.50. The Morgan fingerprint density at radius 2 is 0.652 bits per heavy atom. The van der Waals surface area contributed by atoms with Crippen LogP contribution in [0.4, 0.5) is 17.1 Å². The van der Waals surface area contributed by atoms with E-state index < -0.39 is 5.41 Å². The van der Waals surface area contributed by atoms with Crippen molar-refractivity contribution >= 4 is 27.8 Å². The predicted molar refractivity (Wildman–Crippen MR) is 278 cm³/mol. The van der Waals surface area contributed by atoms with Crippen molar-refractivity contribution < 1.29 is 0 Å². The summed E-state index contributed by atoms with van der Waals surface area (Å²) in [4.78, 5) is 2.47. The van der Waals surface area contributed by atoms with Crippen LogP contribution in [0.25, 0.3) is 66.4 Å². The zero-order valence-corrected chi connectivity index (χ0v) is 36.4. The highest BCUT2D eigenvalue weighted by Crippen LogP contribution is 2.61. The number of benzene rings is 11. The summed E-state index contributed by atoms with van der Waals surface area (Å²) in [6.07, 6.45) is 0. The second-order valence-electron chi connectivity index (χ2n) is 17.2. The Morgan fingerprint density at radius 3 is 1.12 bits per heavy atom. The number of nitrogens with zero attached hydrogens (tertiary/aromatic N) is 1. The fraction of sp³-hybridized carbons (Fsp3) is 0.0154. The molecule has 0 fully saturated rings. The van der Waals surface area contributed by atoms with E-state index in [2.05, 4.69) is 278 Å². The summed E-state index contributed by atoms with van der Waals surface area (Å²) in [5.41, 5.74) is 19.9. The lowest BCUT2D eigenvalue weighted by atomic mass is 9.66. The zero-order valence-electron chi connectivity index (χ0n) is 36.4. The SMILES string of the molecule is c1ccc(-c2ccc(-c3ccc(N(c4ccc(-c5ccccc5)cc4)c4cc5c(c6ccccc46)C(c4ccccc4)(c4ccccc4)c4cccc(-c6ccccc6)c4-5)cc3)cc2)cc1. The van der Waals surface area contributed by atoms with Gasteiger partial charge in [-0.05, 0) is 114 Å². The molecule has 11 aromatic carbocycles. The van der Waals surface area contributed by atoms with Crippen LogP contribution < -0.4 is 4.90 Å². The average Bonchev–Trinajstić information content (AvgIpc) is 3.72. The minimum absolute atomic E-state index is 0.587. The van der Waals surface area contributed by atoms with Gasteiger partial charge in [-0.25, -0.2) is 0 Å². The quantitative estimate of drug-likeness (QED) is 0.140. The molecule has 0 unspecified atom stereocenters. The third-order valence-electron chi connectivity index (χ3n) is 13.6. The molecule has 0 aromatic heterocycles. The van der Waals surface area contributed by atoms with Gasteiger partial charge in [-0.2, -0.15) is 0 Å². The lowest BCUT2D eigenvalue weighted by Crippen LogP contribution is -2.29. The van der Waals surface area contributed by atoms with E-state index in [-0.39, 0.29) is 0 Å². The van der Waals surface area contributed by atoms with Crippen LogP contribution >= 0.6 is 0 Å². The normalized spacial score (nSPS) is 12.4. The number of anilines is 3. The zero-order chi connectivity index (χ0) is 43.9. The molecule has 0 atom stereocenters. The molecule has 0 radical (unpaired) electrons. The molecule has 11 aromatic rings. The Bertz CT molecular complexity index is 3410. The van der Waals surface area contributed by atoms with Crippen molar-refractivity contribution in [1.82, 2.24) is 0 Å². The van der Waals surface area contributed by atoms with Crippen LogP contribution in [-0.2, 0) is 5.41 Å². The second-order valence-corrected chi connectivity index (χ2v) is 17.2. The van der Waals surface area contributed by atoms with Crippen molar-refractivity contribution in [2.24, 2.45) is 0 Å². The van der Waals surface area contributed by atoms with Gasteiger partial charge in [-0.15, -0.1) is 0 Å². The largest absolute Gasteiger partial charge is 0.310 e. The molecule has 0 N–H and O–H groups in total. The first-order chi connectivity index (χ1) is 32.8. The van der Waals surface area contributed by atoms with E-state index in [1.54, 1.807) is 0 Å². The minimum Gasteiger partial charge on any atom is -0.310 e. The van der Waals surface area contributed by atoms with Crippen molar-refractivity contribution in [3.8, 4) is 55.6 Å². The number of rotatable bonds is 9. The summed E-state index contributed by atoms with van der Waals surface area (Å²) < 4.78 is 0. The average molecular weight is 840 g/mol. The molecule has 12 rings (SSSR count). The van der Waals surface area contributed by atoms with Gasteiger partial charge in [-0.1, -0.05) is 243 Å². The summed E-state index contributed by atoms with van der Waals surface area (Å²) in [5.74, 6) is 0. The molecule has 0 saturated heterocycles. The van der Waals surface area contributed by atoms with E-state index in [9.17, 15) is 0 Å². The predicted octanol–water partition coefficient (Wildman–Crippen LogP) is 17.3. The minimum atomic E-state index is -0.587. The smallest absolute Gasteiger partial charge is 0.0719 e. The standard InChI is InChI=1S/C65H45N/c1-6-19-46(20-7-1)48-33-35-49(36-34-48)51-39-43-56(44-40-51)66(55-41-37-50(38-42-55)47-21-8-2-9-22-47)62-45-60-63-57(52-23-10-3-11-24-52)31-18-32-61(63)65(53-25-12-4-13-26-53,54-27-14-5-15-28-54)64(60)59-30-17-16-29-58(59)62/h1-45H. The van der Waals surface area contributed by atoms with Crippen LogP contribution in [0.1, 0.15) is 22.3 Å². The van der Waals surface area contributed by atoms with Gasteiger partial charge in [-0.3, -0.25) is 0 Å². The van der Waals surface area contributed by atoms with Crippen molar-refractivity contribution in [2.75, 3.05) is 4.90 Å². The van der Waals surface area contributed by atoms with Crippen LogP contribution in [-0.4, -0.2) is 0 Å². The van der Waals surface area contributed by atoms with E-state index in [1.165, 1.54) is 88.7 Å². The van der Waals surface area contributed by atoms with E-state index in [4.69, 9.17) is 0 Å². The Morgan fingerprint density at radius 1 is 0.273 bits per heavy atom. The lowest BCUT2D eigenvalue weighted by Gasteiger charge is -2.35. The molecule has 0 amide bonds. The van der Waals surface area contributed by atoms with E-state index in [1.807, 2.05) is 0 Å². The van der Waals surface area contributed by atoms with Gasteiger partial charge in [0.2, 0.25) is 0 Å². The van der Waals surface area contributed by atoms with Gasteiger partial charge in [0, 0.05) is 16.8 Å². The molecule has 66 heavy (non-hydrogen) atoms. The first-order valence-corrected chi connectivity index (χ1v) is 22.8. The Balaban J connectivity index is 1.11. The molecular weight excluding hydrogens is 795 g/mol. The summed E-state index contributed by atoms with van der Waals surface area (Å²) in [6, 6.07) is 100. The molecule has 1 heteroatoms. The van der Waals surface area contributed by atoms with Gasteiger partial charge in [0.15, 0.2) is 0 Å². The van der Waals surface area contributed by atoms with Crippen LogP contribution in [0.3, 0.4) is 0 Å². The maximum Gasteiger partial charge on any atom is 0.0719 e. The van der Waals surface area contributed by atoms with Gasteiger partial charge in [0.25, 0.3) is 0 Å². The fourth-order valence-electron chi connectivity index (χ4n) is 10.6. The third kappa shape index (κ3) is 6.56. The second kappa shape index (κ2) is 16.6. The molecule has 1 aliphatic carbocycles. The summed E-state index contributed by atoms with van der Waals surface area (Å²) >= 11 is 0. The summed E-state index contributed by atoms with van der Waals surface area (Å²) in [6.45, 7) is 0. The highest BCUT2D eigenvalue weighted by molar-refractivity contribution is 6.10.